The maximum absolute atomic E-state index is 11.5. The van der Waals surface area contributed by atoms with Gasteiger partial charge in [0, 0.05) is 23.5 Å². The molecule has 1 amide bonds. The average molecular weight is 326 g/mol. The molecule has 1 heterocycles. The summed E-state index contributed by atoms with van der Waals surface area (Å²) in [6, 6.07) is -0.950. The molecule has 0 radical (unpaired) electrons. The van der Waals surface area contributed by atoms with Crippen LogP contribution in [0.4, 0.5) is 0 Å². The van der Waals surface area contributed by atoms with Crippen molar-refractivity contribution in [3.8, 4) is 0 Å². The molecule has 1 rings (SSSR count). The van der Waals surface area contributed by atoms with Crippen molar-refractivity contribution in [2.75, 3.05) is 18.1 Å². The molecule has 1 unspecified atom stereocenters. The smallest absolute Gasteiger partial charge is 0.327 e. The standard InChI is InChI=1S/C9H12BrNO5S/c10-5-1-7(12)11(2-5)6(9(15)16)3-17-4-8(13)14/h5-6H,1-4H2,(H,13,14)(H,15,16)/t5?,6-/m0/s1. The van der Waals surface area contributed by atoms with Gasteiger partial charge in [-0.05, 0) is 0 Å². The lowest BCUT2D eigenvalue weighted by atomic mass is 10.3. The first-order valence-electron chi connectivity index (χ1n) is 4.87. The van der Waals surface area contributed by atoms with E-state index in [0.717, 1.165) is 11.8 Å². The third kappa shape index (κ3) is 4.19. The largest absolute Gasteiger partial charge is 0.481 e. The molecule has 1 saturated heterocycles. The molecule has 8 heteroatoms. The molecule has 2 atom stereocenters. The number of aliphatic carboxylic acids is 2. The van der Waals surface area contributed by atoms with Crippen molar-refractivity contribution >= 4 is 45.5 Å². The van der Waals surface area contributed by atoms with Crippen LogP contribution in [0.1, 0.15) is 6.42 Å². The Morgan fingerprint density at radius 3 is 2.59 bits per heavy atom. The molecule has 0 saturated carbocycles. The van der Waals surface area contributed by atoms with E-state index in [1.165, 1.54) is 4.90 Å². The van der Waals surface area contributed by atoms with Gasteiger partial charge < -0.3 is 15.1 Å². The molecular formula is C9H12BrNO5S. The van der Waals surface area contributed by atoms with Crippen LogP contribution in [0.5, 0.6) is 0 Å². The normalized spacial score (nSPS) is 21.6. The number of nitrogens with zero attached hydrogens (tertiary/aromatic N) is 1. The number of amides is 1. The van der Waals surface area contributed by atoms with Crippen LogP contribution in [0, 0.1) is 0 Å². The third-order valence-corrected chi connectivity index (χ3v) is 3.89. The first-order valence-corrected chi connectivity index (χ1v) is 6.94. The Hall–Kier alpha value is -0.760. The highest BCUT2D eigenvalue weighted by Gasteiger charge is 2.36. The van der Waals surface area contributed by atoms with Crippen molar-refractivity contribution in [3.05, 3.63) is 0 Å². The molecule has 1 aliphatic rings. The number of hydrogen-bond acceptors (Lipinski definition) is 4. The van der Waals surface area contributed by atoms with Gasteiger partial charge in [0.05, 0.1) is 5.75 Å². The molecule has 0 aromatic rings. The fraction of sp³-hybridized carbons (Fsp3) is 0.667. The lowest BCUT2D eigenvalue weighted by Crippen LogP contribution is -2.44. The monoisotopic (exact) mass is 325 g/mol. The van der Waals surface area contributed by atoms with Crippen LogP contribution in [0.15, 0.2) is 0 Å². The number of alkyl halides is 1. The van der Waals surface area contributed by atoms with Crippen molar-refractivity contribution < 1.29 is 24.6 Å². The van der Waals surface area contributed by atoms with E-state index in [-0.39, 0.29) is 28.7 Å². The molecular weight excluding hydrogens is 314 g/mol. The third-order valence-electron chi connectivity index (χ3n) is 2.27. The predicted octanol–water partition coefficient (Wildman–Crippen LogP) is 0.253. The van der Waals surface area contributed by atoms with Gasteiger partial charge in [-0.1, -0.05) is 15.9 Å². The number of carbonyl (C=O) groups is 3. The zero-order chi connectivity index (χ0) is 13.0. The summed E-state index contributed by atoms with van der Waals surface area (Å²) in [7, 11) is 0. The van der Waals surface area contributed by atoms with E-state index in [4.69, 9.17) is 10.2 Å². The summed E-state index contributed by atoms with van der Waals surface area (Å²) in [6.45, 7) is 0.351. The van der Waals surface area contributed by atoms with Crippen LogP contribution in [0.3, 0.4) is 0 Å². The maximum atomic E-state index is 11.5. The van der Waals surface area contributed by atoms with Crippen molar-refractivity contribution in [1.29, 1.82) is 0 Å². The Labute approximate surface area is 110 Å². The van der Waals surface area contributed by atoms with E-state index in [1.54, 1.807) is 0 Å². The number of carboxylic acid groups (broad SMARTS) is 2. The highest BCUT2D eigenvalue weighted by molar-refractivity contribution is 9.09. The molecule has 0 bridgehead atoms. The van der Waals surface area contributed by atoms with Gasteiger partial charge >= 0.3 is 11.9 Å². The van der Waals surface area contributed by atoms with E-state index < -0.39 is 18.0 Å². The summed E-state index contributed by atoms with van der Waals surface area (Å²) >= 11 is 4.27. The van der Waals surface area contributed by atoms with E-state index >= 15 is 0 Å². The van der Waals surface area contributed by atoms with E-state index in [9.17, 15) is 14.4 Å². The van der Waals surface area contributed by atoms with Gasteiger partial charge in [-0.3, -0.25) is 9.59 Å². The maximum Gasteiger partial charge on any atom is 0.327 e. The molecule has 0 aromatic carbocycles. The molecule has 0 aliphatic carbocycles. The lowest BCUT2D eigenvalue weighted by molar-refractivity contribution is -0.147. The second kappa shape index (κ2) is 6.25. The summed E-state index contributed by atoms with van der Waals surface area (Å²) in [6.07, 6.45) is 0.285. The number of thioether (sulfide) groups is 1. The molecule has 0 spiro atoms. The summed E-state index contributed by atoms with van der Waals surface area (Å²) < 4.78 is 0. The van der Waals surface area contributed by atoms with Crippen LogP contribution in [-0.4, -0.2) is 61.9 Å². The van der Waals surface area contributed by atoms with Crippen molar-refractivity contribution in [3.63, 3.8) is 0 Å². The second-order valence-electron chi connectivity index (χ2n) is 3.61. The van der Waals surface area contributed by atoms with Gasteiger partial charge in [-0.25, -0.2) is 4.79 Å². The minimum absolute atomic E-state index is 0.0266. The van der Waals surface area contributed by atoms with Gasteiger partial charge in [0.2, 0.25) is 5.91 Å². The number of carbonyl (C=O) groups excluding carboxylic acids is 1. The van der Waals surface area contributed by atoms with Crippen LogP contribution in [-0.2, 0) is 14.4 Å². The van der Waals surface area contributed by atoms with Crippen LogP contribution in [0.25, 0.3) is 0 Å². The van der Waals surface area contributed by atoms with E-state index in [2.05, 4.69) is 15.9 Å². The molecule has 1 aliphatic heterocycles. The molecule has 2 N–H and O–H groups in total. The Morgan fingerprint density at radius 1 is 1.53 bits per heavy atom. The first kappa shape index (κ1) is 14.3. The zero-order valence-corrected chi connectivity index (χ0v) is 11.2. The Kier molecular flexibility index (Phi) is 5.26. The average Bonchev–Trinajstić information content (AvgIpc) is 2.51. The topological polar surface area (TPSA) is 94.9 Å². The number of carboxylic acids is 2. The Morgan fingerprint density at radius 2 is 2.18 bits per heavy atom. The molecule has 17 heavy (non-hydrogen) atoms. The number of likely N-dealkylation sites (tertiary alicyclic amines) is 1. The Balaban J connectivity index is 2.57. The highest BCUT2D eigenvalue weighted by Crippen LogP contribution is 2.22. The highest BCUT2D eigenvalue weighted by atomic mass is 79.9. The number of rotatable bonds is 6. The van der Waals surface area contributed by atoms with Crippen LogP contribution < -0.4 is 0 Å². The fourth-order valence-electron chi connectivity index (χ4n) is 1.54. The van der Waals surface area contributed by atoms with Crippen molar-refractivity contribution in [2.24, 2.45) is 0 Å². The van der Waals surface area contributed by atoms with Gasteiger partial charge in [0.1, 0.15) is 6.04 Å². The number of hydrogen-bond donors (Lipinski definition) is 2. The molecule has 6 nitrogen and oxygen atoms in total. The first-order chi connectivity index (χ1) is 7.91. The summed E-state index contributed by atoms with van der Waals surface area (Å²) in [5, 5.41) is 17.5. The second-order valence-corrected chi connectivity index (χ2v) is 5.94. The van der Waals surface area contributed by atoms with Gasteiger partial charge in [0.15, 0.2) is 0 Å². The van der Waals surface area contributed by atoms with Crippen molar-refractivity contribution in [1.82, 2.24) is 4.90 Å². The van der Waals surface area contributed by atoms with Gasteiger partial charge in [-0.2, -0.15) is 0 Å². The van der Waals surface area contributed by atoms with Gasteiger partial charge in [0.25, 0.3) is 0 Å². The van der Waals surface area contributed by atoms with E-state index in [0.29, 0.717) is 6.54 Å². The quantitative estimate of drug-likeness (QED) is 0.680. The summed E-state index contributed by atoms with van der Waals surface area (Å²) in [5.74, 6) is -2.38. The molecule has 1 fully saturated rings. The van der Waals surface area contributed by atoms with Crippen LogP contribution >= 0.6 is 27.7 Å². The Bertz CT molecular complexity index is 337. The number of halogens is 1. The minimum Gasteiger partial charge on any atom is -0.481 e. The SMILES string of the molecule is O=C(O)CSC[C@@H](C(=O)O)N1CC(Br)CC1=O. The molecule has 0 aromatic heterocycles. The van der Waals surface area contributed by atoms with Gasteiger partial charge in [-0.15, -0.1) is 11.8 Å². The lowest BCUT2D eigenvalue weighted by Gasteiger charge is -2.23. The minimum atomic E-state index is -1.10. The van der Waals surface area contributed by atoms with Crippen molar-refractivity contribution in [2.45, 2.75) is 17.3 Å². The van der Waals surface area contributed by atoms with E-state index in [1.807, 2.05) is 0 Å². The fourth-order valence-corrected chi connectivity index (χ4v) is 2.97. The summed E-state index contributed by atoms with van der Waals surface area (Å²) in [5.41, 5.74) is 0. The summed E-state index contributed by atoms with van der Waals surface area (Å²) in [4.78, 5) is 34.2. The van der Waals surface area contributed by atoms with Crippen LogP contribution in [0.2, 0.25) is 0 Å². The predicted molar refractivity (Wildman–Crippen MR) is 65.4 cm³/mol. The molecule has 96 valence electrons. The zero-order valence-electron chi connectivity index (χ0n) is 8.84.